The first-order valence-corrected chi connectivity index (χ1v) is 18.3. The molecule has 34 heavy (non-hydrogen) atoms. The van der Waals surface area contributed by atoms with E-state index in [1.807, 2.05) is 0 Å². The first kappa shape index (κ1) is 34.1. The van der Waals surface area contributed by atoms with Crippen LogP contribution in [-0.2, 0) is 8.85 Å². The van der Waals surface area contributed by atoms with Crippen molar-refractivity contribution in [1.82, 2.24) is 0 Å². The molecule has 0 aromatic heterocycles. The third kappa shape index (κ3) is 22.6. The summed E-state index contributed by atoms with van der Waals surface area (Å²) in [6.45, 7) is 10.6. The Morgan fingerprint density at radius 2 is 0.559 bits per heavy atom. The molecule has 0 aromatic carbocycles. The molecule has 0 aliphatic rings. The van der Waals surface area contributed by atoms with Gasteiger partial charge in [0.05, 0.1) is 0 Å². The van der Waals surface area contributed by atoms with Crippen molar-refractivity contribution in [2.45, 2.75) is 187 Å². The van der Waals surface area contributed by atoms with Gasteiger partial charge in [-0.15, -0.1) is 0 Å². The van der Waals surface area contributed by atoms with Crippen LogP contribution < -0.4 is 0 Å². The molecule has 0 saturated carbocycles. The summed E-state index contributed by atoms with van der Waals surface area (Å²) in [6.07, 6.45) is 32.4. The quantitative estimate of drug-likeness (QED) is 0.0753. The van der Waals surface area contributed by atoms with Crippen molar-refractivity contribution >= 4 is 8.56 Å². The molecule has 2 nitrogen and oxygen atoms in total. The number of hydrogen-bond donors (Lipinski definition) is 0. The summed E-state index contributed by atoms with van der Waals surface area (Å²) in [5.41, 5.74) is 0. The smallest absolute Gasteiger partial charge is 0.338 e. The molecule has 0 unspecified atom stereocenters. The van der Waals surface area contributed by atoms with Crippen molar-refractivity contribution in [3.05, 3.63) is 0 Å². The summed E-state index contributed by atoms with van der Waals surface area (Å²) in [4.78, 5) is 0. The normalized spacial score (nSPS) is 12.0. The second-order valence-electron chi connectivity index (χ2n) is 10.7. The van der Waals surface area contributed by atoms with Crippen molar-refractivity contribution in [2.24, 2.45) is 0 Å². The van der Waals surface area contributed by atoms with Crippen LogP contribution in [0, 0.1) is 0 Å². The molecule has 0 fully saturated rings. The highest BCUT2D eigenvalue weighted by Crippen LogP contribution is 2.26. The van der Waals surface area contributed by atoms with Gasteiger partial charge >= 0.3 is 8.56 Å². The van der Waals surface area contributed by atoms with E-state index in [4.69, 9.17) is 8.85 Å². The molecule has 0 bridgehead atoms. The highest BCUT2D eigenvalue weighted by atomic mass is 28.4. The van der Waals surface area contributed by atoms with Crippen LogP contribution >= 0.6 is 0 Å². The van der Waals surface area contributed by atoms with Crippen LogP contribution in [0.1, 0.15) is 175 Å². The number of hydrogen-bond acceptors (Lipinski definition) is 2. The molecule has 0 saturated heterocycles. The summed E-state index contributed by atoms with van der Waals surface area (Å²) in [5, 5.41) is 0. The fourth-order valence-corrected chi connectivity index (χ4v) is 8.82. The van der Waals surface area contributed by atoms with Crippen LogP contribution in [0.5, 0.6) is 0 Å². The van der Waals surface area contributed by atoms with Crippen LogP contribution in [-0.4, -0.2) is 21.8 Å². The van der Waals surface area contributed by atoms with Gasteiger partial charge in [0.25, 0.3) is 0 Å². The SMILES string of the molecule is CCCCCCCCCCCCCC[Si](CCCCCCCCCCCCC)(OCC)OCC. The maximum Gasteiger partial charge on any atom is 0.338 e. The summed E-state index contributed by atoms with van der Waals surface area (Å²) in [6, 6.07) is 2.42. The molecule has 0 amide bonds. The van der Waals surface area contributed by atoms with Gasteiger partial charge in [-0.2, -0.15) is 0 Å². The van der Waals surface area contributed by atoms with E-state index in [2.05, 4.69) is 27.7 Å². The summed E-state index contributed by atoms with van der Waals surface area (Å²) in [7, 11) is -1.99. The molecular weight excluding hydrogens is 432 g/mol. The van der Waals surface area contributed by atoms with Crippen LogP contribution in [0.2, 0.25) is 12.1 Å². The van der Waals surface area contributed by atoms with Gasteiger partial charge in [-0.3, -0.25) is 0 Å². The van der Waals surface area contributed by atoms with Crippen LogP contribution in [0.3, 0.4) is 0 Å². The van der Waals surface area contributed by atoms with Gasteiger partial charge in [-0.1, -0.05) is 162 Å². The summed E-state index contributed by atoms with van der Waals surface area (Å²) in [5.74, 6) is 0. The lowest BCUT2D eigenvalue weighted by atomic mass is 10.1. The Kier molecular flexibility index (Phi) is 27.8. The average Bonchev–Trinajstić information content (AvgIpc) is 2.83. The number of rotatable bonds is 29. The molecular formula is C31H66O2Si. The van der Waals surface area contributed by atoms with Crippen molar-refractivity contribution in [3.8, 4) is 0 Å². The zero-order chi connectivity index (χ0) is 25.0. The van der Waals surface area contributed by atoms with Crippen LogP contribution in [0.15, 0.2) is 0 Å². The maximum absolute atomic E-state index is 6.38. The van der Waals surface area contributed by atoms with Gasteiger partial charge in [0.2, 0.25) is 0 Å². The lowest BCUT2D eigenvalue weighted by molar-refractivity contribution is 0.180. The summed E-state index contributed by atoms with van der Waals surface area (Å²) >= 11 is 0. The molecule has 3 heteroatoms. The van der Waals surface area contributed by atoms with E-state index in [1.165, 1.54) is 160 Å². The first-order chi connectivity index (χ1) is 16.7. The van der Waals surface area contributed by atoms with Gasteiger partial charge in [-0.25, -0.2) is 0 Å². The third-order valence-corrected chi connectivity index (χ3v) is 11.2. The highest BCUT2D eigenvalue weighted by Gasteiger charge is 2.35. The minimum Gasteiger partial charge on any atom is -0.394 e. The van der Waals surface area contributed by atoms with Crippen molar-refractivity contribution < 1.29 is 8.85 Å². The van der Waals surface area contributed by atoms with E-state index in [9.17, 15) is 0 Å². The molecule has 0 heterocycles. The fraction of sp³-hybridized carbons (Fsp3) is 1.00. The van der Waals surface area contributed by atoms with Gasteiger partial charge < -0.3 is 8.85 Å². The Hall–Kier alpha value is 0.137. The van der Waals surface area contributed by atoms with Crippen LogP contribution in [0.25, 0.3) is 0 Å². The molecule has 0 aliphatic heterocycles. The fourth-order valence-electron chi connectivity index (χ4n) is 5.28. The third-order valence-electron chi connectivity index (χ3n) is 7.39. The standard InChI is InChI=1S/C31H66O2Si/c1-5-9-11-13-15-17-19-21-23-25-27-29-31-34(32-7-3,33-8-4)30-28-26-24-22-20-18-16-14-12-10-6-2/h5-31H2,1-4H3. The zero-order valence-electron chi connectivity index (χ0n) is 24.4. The monoisotopic (exact) mass is 498 g/mol. The predicted molar refractivity (Wildman–Crippen MR) is 156 cm³/mol. The highest BCUT2D eigenvalue weighted by molar-refractivity contribution is 6.67. The zero-order valence-corrected chi connectivity index (χ0v) is 25.4. The van der Waals surface area contributed by atoms with E-state index < -0.39 is 8.56 Å². The van der Waals surface area contributed by atoms with E-state index >= 15 is 0 Å². The minimum absolute atomic E-state index is 0.822. The average molecular weight is 499 g/mol. The molecule has 206 valence electrons. The number of unbranched alkanes of at least 4 members (excludes halogenated alkanes) is 21. The molecule has 0 aromatic rings. The molecule has 0 spiro atoms. The first-order valence-electron chi connectivity index (χ1n) is 16.0. The van der Waals surface area contributed by atoms with E-state index in [1.54, 1.807) is 0 Å². The van der Waals surface area contributed by atoms with E-state index in [-0.39, 0.29) is 0 Å². The van der Waals surface area contributed by atoms with Gasteiger partial charge in [0.15, 0.2) is 0 Å². The lowest BCUT2D eigenvalue weighted by Crippen LogP contribution is -2.42. The topological polar surface area (TPSA) is 18.5 Å². The van der Waals surface area contributed by atoms with Gasteiger partial charge in [-0.05, 0) is 25.9 Å². The Labute approximate surface area is 218 Å². The van der Waals surface area contributed by atoms with Gasteiger partial charge in [0.1, 0.15) is 0 Å². The largest absolute Gasteiger partial charge is 0.394 e. The van der Waals surface area contributed by atoms with Crippen molar-refractivity contribution in [2.75, 3.05) is 13.2 Å². The van der Waals surface area contributed by atoms with E-state index in [0.717, 1.165) is 13.2 Å². The molecule has 0 rings (SSSR count). The Morgan fingerprint density at radius 1 is 0.324 bits per heavy atom. The predicted octanol–water partition coefficient (Wildman–Crippen LogP) is 11.5. The molecule has 0 aliphatic carbocycles. The Balaban J connectivity index is 3.86. The minimum atomic E-state index is -1.99. The van der Waals surface area contributed by atoms with Crippen molar-refractivity contribution in [3.63, 3.8) is 0 Å². The van der Waals surface area contributed by atoms with Crippen LogP contribution in [0.4, 0.5) is 0 Å². The summed E-state index contributed by atoms with van der Waals surface area (Å²) < 4.78 is 12.8. The molecule has 0 N–H and O–H groups in total. The molecule has 0 radical (unpaired) electrons. The second kappa shape index (κ2) is 27.7. The van der Waals surface area contributed by atoms with E-state index in [0.29, 0.717) is 0 Å². The Bertz CT molecular complexity index is 368. The molecule has 0 atom stereocenters. The Morgan fingerprint density at radius 3 is 0.794 bits per heavy atom. The maximum atomic E-state index is 6.38. The van der Waals surface area contributed by atoms with Gasteiger partial charge in [0, 0.05) is 13.2 Å². The second-order valence-corrected chi connectivity index (χ2v) is 14.1. The lowest BCUT2D eigenvalue weighted by Gasteiger charge is -2.30. The van der Waals surface area contributed by atoms with Crippen molar-refractivity contribution in [1.29, 1.82) is 0 Å².